The van der Waals surface area contributed by atoms with E-state index >= 15 is 4.39 Å². The van der Waals surface area contributed by atoms with Crippen LogP contribution < -0.4 is 20.3 Å². The Labute approximate surface area is 224 Å². The van der Waals surface area contributed by atoms with E-state index in [1.54, 1.807) is 20.3 Å². The third-order valence-electron chi connectivity index (χ3n) is 7.51. The van der Waals surface area contributed by atoms with Crippen molar-refractivity contribution in [3.8, 4) is 16.9 Å². The van der Waals surface area contributed by atoms with Gasteiger partial charge in [-0.3, -0.25) is 0 Å². The van der Waals surface area contributed by atoms with E-state index in [0.717, 1.165) is 35.4 Å². The van der Waals surface area contributed by atoms with Gasteiger partial charge in [-0.1, -0.05) is 67.8 Å². The van der Waals surface area contributed by atoms with Gasteiger partial charge in [-0.15, -0.1) is 0 Å². The molecule has 0 spiro atoms. The Kier molecular flexibility index (Phi) is 7.25. The van der Waals surface area contributed by atoms with Crippen molar-refractivity contribution in [1.29, 1.82) is 0 Å². The van der Waals surface area contributed by atoms with Gasteiger partial charge in [0.1, 0.15) is 11.4 Å². The van der Waals surface area contributed by atoms with Crippen molar-refractivity contribution < 1.29 is 13.9 Å². The highest BCUT2D eigenvalue weighted by Crippen LogP contribution is 2.50. The van der Waals surface area contributed by atoms with Crippen LogP contribution in [0.4, 0.5) is 15.8 Å². The number of methoxy groups -OCH3 is 2. The monoisotopic (exact) mass is 511 g/mol. The minimum atomic E-state index is -0.337. The molecular formula is C32H34FN3O2. The summed E-state index contributed by atoms with van der Waals surface area (Å²) in [4.78, 5) is 4.13. The number of rotatable bonds is 8. The van der Waals surface area contributed by atoms with E-state index in [2.05, 4.69) is 59.4 Å². The molecule has 2 N–H and O–H groups in total. The molecule has 3 aromatic rings. The summed E-state index contributed by atoms with van der Waals surface area (Å²) in [5.41, 5.74) is 12.6. The molecule has 38 heavy (non-hydrogen) atoms. The molecule has 2 heterocycles. The first-order valence-corrected chi connectivity index (χ1v) is 12.9. The van der Waals surface area contributed by atoms with E-state index in [4.69, 9.17) is 15.2 Å². The largest absolute Gasteiger partial charge is 0.497 e. The first-order chi connectivity index (χ1) is 18.4. The number of allylic oxidation sites excluding steroid dienone is 1. The van der Waals surface area contributed by atoms with Crippen molar-refractivity contribution in [3.05, 3.63) is 108 Å². The predicted octanol–water partition coefficient (Wildman–Crippen LogP) is 6.36. The quantitative estimate of drug-likeness (QED) is 0.357. The second kappa shape index (κ2) is 10.8. The summed E-state index contributed by atoms with van der Waals surface area (Å²) >= 11 is 0. The lowest BCUT2D eigenvalue weighted by atomic mass is 9.91. The smallest absolute Gasteiger partial charge is 0.169 e. The zero-order valence-corrected chi connectivity index (χ0v) is 22.0. The molecule has 5 rings (SSSR count). The van der Waals surface area contributed by atoms with Gasteiger partial charge in [0.25, 0.3) is 0 Å². The summed E-state index contributed by atoms with van der Waals surface area (Å²) in [7, 11) is 3.17. The highest BCUT2D eigenvalue weighted by atomic mass is 19.1. The fourth-order valence-corrected chi connectivity index (χ4v) is 5.39. The number of nitrogens with two attached hydrogens (primary N) is 1. The van der Waals surface area contributed by atoms with Crippen LogP contribution in [-0.4, -0.2) is 33.9 Å². The van der Waals surface area contributed by atoms with E-state index in [1.807, 2.05) is 24.4 Å². The Morgan fingerprint density at radius 1 is 1.05 bits per heavy atom. The van der Waals surface area contributed by atoms with Crippen molar-refractivity contribution in [3.63, 3.8) is 0 Å². The van der Waals surface area contributed by atoms with Crippen molar-refractivity contribution in [1.82, 2.24) is 0 Å². The summed E-state index contributed by atoms with van der Waals surface area (Å²) in [5, 5.41) is 0. The average molecular weight is 512 g/mol. The van der Waals surface area contributed by atoms with Crippen LogP contribution in [0.15, 0.2) is 91.4 Å². The Bertz CT molecular complexity index is 1380. The maximum absolute atomic E-state index is 15.8. The highest BCUT2D eigenvalue weighted by molar-refractivity contribution is 5.96. The maximum Gasteiger partial charge on any atom is 0.169 e. The maximum atomic E-state index is 15.8. The molecule has 0 aromatic heterocycles. The van der Waals surface area contributed by atoms with E-state index in [0.29, 0.717) is 53.9 Å². The number of hydrogen-bond acceptors (Lipinski definition) is 5. The lowest BCUT2D eigenvalue weighted by Crippen LogP contribution is -2.27. The highest BCUT2D eigenvalue weighted by Gasteiger charge is 2.34. The normalized spacial score (nSPS) is 16.8. The van der Waals surface area contributed by atoms with E-state index in [9.17, 15) is 0 Å². The minimum Gasteiger partial charge on any atom is -0.497 e. The summed E-state index contributed by atoms with van der Waals surface area (Å²) in [5.74, 6) is 0.966. The second-order valence-electron chi connectivity index (χ2n) is 9.81. The van der Waals surface area contributed by atoms with Crippen LogP contribution in [0.5, 0.6) is 5.75 Å². The fraction of sp³-hybridized carbons (Fsp3) is 0.250. The summed E-state index contributed by atoms with van der Waals surface area (Å²) in [6.07, 6.45) is 2.90. The Morgan fingerprint density at radius 3 is 2.39 bits per heavy atom. The van der Waals surface area contributed by atoms with Crippen LogP contribution in [0.1, 0.15) is 17.5 Å². The third-order valence-corrected chi connectivity index (χ3v) is 7.51. The van der Waals surface area contributed by atoms with Crippen LogP contribution in [0.2, 0.25) is 0 Å². The standard InChI is InChI=1S/C32H34FN3O2/c1-21-27-16-29(33)31(35-15-14-24(17-34)19-35)32(38-4)30(27)36(20-28(21)22(2)37-3)18-23-10-12-26(13-11-23)25-8-6-5-7-9-25/h5-13,16,20,24H,1-2,14-15,17-19,34H2,3-4H3/t24-/m0/s1. The van der Waals surface area contributed by atoms with Crippen LogP contribution in [0, 0.1) is 11.7 Å². The molecule has 0 saturated carbocycles. The molecule has 6 heteroatoms. The van der Waals surface area contributed by atoms with E-state index in [-0.39, 0.29) is 5.82 Å². The van der Waals surface area contributed by atoms with Crippen LogP contribution in [0.25, 0.3) is 16.7 Å². The number of halogens is 1. The van der Waals surface area contributed by atoms with Gasteiger partial charge in [0.2, 0.25) is 0 Å². The molecule has 3 aromatic carbocycles. The van der Waals surface area contributed by atoms with Gasteiger partial charge < -0.3 is 25.0 Å². The van der Waals surface area contributed by atoms with Gasteiger partial charge in [0, 0.05) is 37.0 Å². The first kappa shape index (κ1) is 25.6. The van der Waals surface area contributed by atoms with Gasteiger partial charge >= 0.3 is 0 Å². The van der Waals surface area contributed by atoms with E-state index < -0.39 is 0 Å². The van der Waals surface area contributed by atoms with Crippen molar-refractivity contribution in [2.24, 2.45) is 11.7 Å². The van der Waals surface area contributed by atoms with Crippen molar-refractivity contribution >= 4 is 16.9 Å². The van der Waals surface area contributed by atoms with Gasteiger partial charge in [-0.25, -0.2) is 4.39 Å². The Balaban J connectivity index is 1.58. The van der Waals surface area contributed by atoms with Crippen molar-refractivity contribution in [2.75, 3.05) is 43.7 Å². The lowest BCUT2D eigenvalue weighted by Gasteiger charge is -2.35. The third kappa shape index (κ3) is 4.68. The number of benzene rings is 3. The van der Waals surface area contributed by atoms with Gasteiger partial charge in [-0.2, -0.15) is 0 Å². The topological polar surface area (TPSA) is 51.0 Å². The van der Waals surface area contributed by atoms with Gasteiger partial charge in [-0.05, 0) is 47.2 Å². The molecule has 0 aliphatic carbocycles. The molecule has 5 nitrogen and oxygen atoms in total. The molecule has 1 saturated heterocycles. The number of ether oxygens (including phenoxy) is 2. The molecular weight excluding hydrogens is 477 g/mol. The summed E-state index contributed by atoms with van der Waals surface area (Å²) in [6, 6.07) is 20.3. The van der Waals surface area contributed by atoms with Crippen LogP contribution in [-0.2, 0) is 11.3 Å². The molecule has 196 valence electrons. The molecule has 2 aliphatic rings. The first-order valence-electron chi connectivity index (χ1n) is 12.9. The zero-order chi connectivity index (χ0) is 26.8. The van der Waals surface area contributed by atoms with Crippen LogP contribution in [0.3, 0.4) is 0 Å². The summed E-state index contributed by atoms with van der Waals surface area (Å²) < 4.78 is 27.2. The van der Waals surface area contributed by atoms with Gasteiger partial charge in [0.05, 0.1) is 19.9 Å². The molecule has 0 bridgehead atoms. The van der Waals surface area contributed by atoms with E-state index in [1.165, 1.54) is 5.56 Å². The second-order valence-corrected chi connectivity index (χ2v) is 9.81. The Morgan fingerprint density at radius 2 is 1.76 bits per heavy atom. The van der Waals surface area contributed by atoms with Gasteiger partial charge in [0.15, 0.2) is 11.6 Å². The fourth-order valence-electron chi connectivity index (χ4n) is 5.39. The SMILES string of the molecule is C=C(OC)C1=CN(Cc2ccc(-c3ccccc3)cc2)c2c(cc(F)c(N3CC[C@@H](CN)C3)c2OC)C1=C. The molecule has 0 radical (unpaired) electrons. The average Bonchev–Trinajstić information content (AvgIpc) is 3.43. The number of anilines is 2. The molecule has 2 aliphatic heterocycles. The number of nitrogens with zero attached hydrogens (tertiary/aromatic N) is 2. The zero-order valence-electron chi connectivity index (χ0n) is 22.0. The lowest BCUT2D eigenvalue weighted by molar-refractivity contribution is 0.305. The van der Waals surface area contributed by atoms with Crippen molar-refractivity contribution in [2.45, 2.75) is 13.0 Å². The minimum absolute atomic E-state index is 0.334. The number of fused-ring (bicyclic) bond motifs is 1. The molecule has 1 atom stereocenters. The molecule has 0 amide bonds. The Hall–Kier alpha value is -4.03. The predicted molar refractivity (Wildman–Crippen MR) is 154 cm³/mol. The van der Waals surface area contributed by atoms with Crippen LogP contribution >= 0.6 is 0 Å². The number of hydrogen-bond donors (Lipinski definition) is 1. The molecule has 1 fully saturated rings. The molecule has 0 unspecified atom stereocenters. The summed E-state index contributed by atoms with van der Waals surface area (Å²) in [6.45, 7) is 10.9.